The number of halogens is 1. The van der Waals surface area contributed by atoms with Gasteiger partial charge in [-0.15, -0.1) is 0 Å². The van der Waals surface area contributed by atoms with Gasteiger partial charge in [0.05, 0.1) is 17.8 Å². The number of fused-ring (bicyclic) bond motifs is 1. The fourth-order valence-corrected chi connectivity index (χ4v) is 4.43. The second kappa shape index (κ2) is 6.40. The molecule has 3 rings (SSSR count). The Balaban J connectivity index is 1.90. The Morgan fingerprint density at radius 3 is 3.05 bits per heavy atom. The summed E-state index contributed by atoms with van der Waals surface area (Å²) in [5.74, 6) is 0.326. The van der Waals surface area contributed by atoms with Crippen molar-refractivity contribution in [3.05, 3.63) is 29.0 Å². The van der Waals surface area contributed by atoms with Crippen LogP contribution in [-0.4, -0.2) is 27.2 Å². The van der Waals surface area contributed by atoms with Crippen LogP contribution >= 0.6 is 27.7 Å². The number of hydrogen-bond acceptors (Lipinski definition) is 4. The molecule has 0 radical (unpaired) electrons. The molecule has 21 heavy (non-hydrogen) atoms. The lowest BCUT2D eigenvalue weighted by Crippen LogP contribution is -2.33. The molecule has 1 saturated carbocycles. The van der Waals surface area contributed by atoms with Gasteiger partial charge in [-0.25, -0.2) is 4.98 Å². The van der Waals surface area contributed by atoms with Crippen LogP contribution in [0.5, 0.6) is 0 Å². The Bertz CT molecular complexity index is 654. The number of ether oxygens (including phenoxy) is 1. The van der Waals surface area contributed by atoms with Crippen LogP contribution in [0.15, 0.2) is 34.0 Å². The molecule has 1 aliphatic rings. The molecular formula is C15H17BrN2O2S. The molecule has 1 atom stereocenters. The number of aromatic nitrogens is 2. The number of carbonyl (C=O) groups is 1. The summed E-state index contributed by atoms with van der Waals surface area (Å²) in [7, 11) is 0. The van der Waals surface area contributed by atoms with Crippen LogP contribution in [-0.2, 0) is 9.53 Å². The lowest BCUT2D eigenvalue weighted by molar-refractivity contribution is -0.144. The Hall–Kier alpha value is -1.01. The third-order valence-corrected chi connectivity index (χ3v) is 5.75. The van der Waals surface area contributed by atoms with Crippen LogP contribution in [0.25, 0.3) is 5.65 Å². The minimum atomic E-state index is -0.126. The van der Waals surface area contributed by atoms with E-state index in [1.54, 1.807) is 18.0 Å². The summed E-state index contributed by atoms with van der Waals surface area (Å²) in [6, 6.07) is 5.95. The van der Waals surface area contributed by atoms with Gasteiger partial charge in [-0.3, -0.25) is 9.20 Å². The Morgan fingerprint density at radius 1 is 1.57 bits per heavy atom. The average Bonchev–Trinajstić information content (AvgIpc) is 2.79. The van der Waals surface area contributed by atoms with Crippen LogP contribution in [0, 0.1) is 5.92 Å². The summed E-state index contributed by atoms with van der Waals surface area (Å²) < 4.78 is 8.18. The summed E-state index contributed by atoms with van der Waals surface area (Å²) in [4.78, 5) is 16.6. The van der Waals surface area contributed by atoms with Crippen molar-refractivity contribution >= 4 is 39.3 Å². The highest BCUT2D eigenvalue weighted by Crippen LogP contribution is 2.40. The van der Waals surface area contributed by atoms with Crippen molar-refractivity contribution in [2.24, 2.45) is 5.92 Å². The molecule has 112 valence electrons. The van der Waals surface area contributed by atoms with E-state index in [2.05, 4.69) is 20.9 Å². The first-order chi connectivity index (χ1) is 10.2. The standard InChI is InChI=1S/C15H17BrN2O2S/c1-2-20-15(19)14(10-5-3-6-10)21-13-8-4-7-12-17-9-11(16)18(12)13/h4,7-10,14H,2-3,5-6H2,1H3. The van der Waals surface area contributed by atoms with E-state index in [4.69, 9.17) is 4.74 Å². The molecule has 0 aliphatic heterocycles. The quantitative estimate of drug-likeness (QED) is 0.592. The third kappa shape index (κ3) is 2.97. The van der Waals surface area contributed by atoms with Gasteiger partial charge in [0.25, 0.3) is 0 Å². The topological polar surface area (TPSA) is 43.6 Å². The molecule has 2 aromatic rings. The summed E-state index contributed by atoms with van der Waals surface area (Å²) in [5, 5.41) is 0.889. The predicted octanol–water partition coefficient (Wildman–Crippen LogP) is 3.92. The van der Waals surface area contributed by atoms with E-state index in [-0.39, 0.29) is 11.2 Å². The number of thioether (sulfide) groups is 1. The van der Waals surface area contributed by atoms with Gasteiger partial charge in [0.1, 0.15) is 15.5 Å². The van der Waals surface area contributed by atoms with Crippen LogP contribution in [0.3, 0.4) is 0 Å². The number of imidazole rings is 1. The molecule has 2 heterocycles. The lowest BCUT2D eigenvalue weighted by atomic mass is 9.82. The third-order valence-electron chi connectivity index (χ3n) is 3.80. The van der Waals surface area contributed by atoms with Gasteiger partial charge in [-0.2, -0.15) is 0 Å². The number of pyridine rings is 1. The SMILES string of the molecule is CCOC(=O)C(Sc1cccc2ncc(Br)n12)C1CCC1. The van der Waals surface area contributed by atoms with E-state index in [0.29, 0.717) is 12.5 Å². The summed E-state index contributed by atoms with van der Waals surface area (Å²) in [6.07, 6.45) is 5.21. The minimum Gasteiger partial charge on any atom is -0.465 e. The molecule has 4 nitrogen and oxygen atoms in total. The maximum absolute atomic E-state index is 12.3. The van der Waals surface area contributed by atoms with E-state index < -0.39 is 0 Å². The Morgan fingerprint density at radius 2 is 2.38 bits per heavy atom. The molecular weight excluding hydrogens is 352 g/mol. The van der Waals surface area contributed by atoms with Gasteiger partial charge in [0.2, 0.25) is 0 Å². The van der Waals surface area contributed by atoms with Gasteiger partial charge >= 0.3 is 5.97 Å². The highest BCUT2D eigenvalue weighted by molar-refractivity contribution is 9.10. The predicted molar refractivity (Wildman–Crippen MR) is 86.5 cm³/mol. The first-order valence-corrected chi connectivity index (χ1v) is 8.83. The van der Waals surface area contributed by atoms with Gasteiger partial charge in [0.15, 0.2) is 0 Å². The molecule has 0 amide bonds. The van der Waals surface area contributed by atoms with Crippen LogP contribution in [0.2, 0.25) is 0 Å². The zero-order valence-corrected chi connectivity index (χ0v) is 14.2. The highest BCUT2D eigenvalue weighted by Gasteiger charge is 2.35. The fourth-order valence-electron chi connectivity index (χ4n) is 2.50. The van der Waals surface area contributed by atoms with Crippen LogP contribution in [0.1, 0.15) is 26.2 Å². The maximum atomic E-state index is 12.3. The molecule has 1 unspecified atom stereocenters. The number of nitrogens with zero attached hydrogens (tertiary/aromatic N) is 2. The fraction of sp³-hybridized carbons (Fsp3) is 0.467. The zero-order valence-electron chi connectivity index (χ0n) is 11.8. The van der Waals surface area contributed by atoms with E-state index in [9.17, 15) is 4.79 Å². The largest absolute Gasteiger partial charge is 0.465 e. The maximum Gasteiger partial charge on any atom is 0.319 e. The monoisotopic (exact) mass is 368 g/mol. The molecule has 1 fully saturated rings. The Labute approximate surface area is 136 Å². The van der Waals surface area contributed by atoms with Gasteiger partial charge in [-0.1, -0.05) is 24.2 Å². The van der Waals surface area contributed by atoms with Crippen molar-refractivity contribution in [2.45, 2.75) is 36.5 Å². The molecule has 1 aliphatic carbocycles. The van der Waals surface area contributed by atoms with Crippen molar-refractivity contribution in [2.75, 3.05) is 6.61 Å². The molecule has 2 aromatic heterocycles. The van der Waals surface area contributed by atoms with E-state index in [0.717, 1.165) is 28.1 Å². The minimum absolute atomic E-state index is 0.0968. The van der Waals surface area contributed by atoms with Crippen molar-refractivity contribution < 1.29 is 9.53 Å². The van der Waals surface area contributed by atoms with Crippen molar-refractivity contribution in [1.29, 1.82) is 0 Å². The summed E-state index contributed by atoms with van der Waals surface area (Å²) >= 11 is 5.10. The van der Waals surface area contributed by atoms with Gasteiger partial charge in [-0.05, 0) is 53.7 Å². The second-order valence-electron chi connectivity index (χ2n) is 5.12. The molecule has 6 heteroatoms. The first kappa shape index (κ1) is 14.9. The van der Waals surface area contributed by atoms with Crippen molar-refractivity contribution in [3.63, 3.8) is 0 Å². The molecule has 0 aromatic carbocycles. The average molecular weight is 369 g/mol. The van der Waals surface area contributed by atoms with Crippen molar-refractivity contribution in [1.82, 2.24) is 9.38 Å². The molecule has 0 N–H and O–H groups in total. The number of rotatable bonds is 5. The van der Waals surface area contributed by atoms with E-state index in [1.807, 2.05) is 29.5 Å². The van der Waals surface area contributed by atoms with Gasteiger partial charge < -0.3 is 4.74 Å². The summed E-state index contributed by atoms with van der Waals surface area (Å²) in [5.41, 5.74) is 0.878. The highest BCUT2D eigenvalue weighted by atomic mass is 79.9. The number of esters is 1. The normalized spacial score (nSPS) is 16.7. The smallest absolute Gasteiger partial charge is 0.319 e. The van der Waals surface area contributed by atoms with Crippen LogP contribution in [0.4, 0.5) is 0 Å². The van der Waals surface area contributed by atoms with E-state index in [1.165, 1.54) is 6.42 Å². The number of carbonyl (C=O) groups excluding carboxylic acids is 1. The second-order valence-corrected chi connectivity index (χ2v) is 7.09. The first-order valence-electron chi connectivity index (χ1n) is 7.16. The van der Waals surface area contributed by atoms with Crippen LogP contribution < -0.4 is 0 Å². The Kier molecular flexibility index (Phi) is 4.54. The summed E-state index contributed by atoms with van der Waals surface area (Å²) in [6.45, 7) is 2.29. The van der Waals surface area contributed by atoms with Gasteiger partial charge in [0, 0.05) is 0 Å². The molecule has 0 spiro atoms. The zero-order chi connectivity index (χ0) is 14.8. The molecule has 0 bridgehead atoms. The van der Waals surface area contributed by atoms with Crippen molar-refractivity contribution in [3.8, 4) is 0 Å². The molecule has 0 saturated heterocycles. The van der Waals surface area contributed by atoms with E-state index >= 15 is 0 Å². The number of hydrogen-bond donors (Lipinski definition) is 0. The lowest BCUT2D eigenvalue weighted by Gasteiger charge is -2.31.